The molecular formula is C18H17N2O5-. The second kappa shape index (κ2) is 7.21. The molecule has 0 saturated heterocycles. The summed E-state index contributed by atoms with van der Waals surface area (Å²) < 4.78 is 10.7. The molecule has 0 saturated carbocycles. The Hall–Kier alpha value is -3.09. The first kappa shape index (κ1) is 16.8. The molecule has 25 heavy (non-hydrogen) atoms. The Balaban J connectivity index is 1.88. The number of hydrogen-bond donors (Lipinski definition) is 0. The molecule has 7 nitrogen and oxygen atoms in total. The minimum absolute atomic E-state index is 0.172. The third-order valence-electron chi connectivity index (χ3n) is 3.98. The molecule has 1 aromatic heterocycles. The standard InChI is InChI=1S/C18H18N2O5/c1-24-13-5-2-4-12(10-13)14-11-15(16-6-3-9-25-16)20(19-14)17(21)7-8-18(22)23/h2-6,9-10,15H,7-8,11H2,1H3,(H,22,23)/p-1/t15-/m1/s1. The lowest BCUT2D eigenvalue weighted by atomic mass is 10.0. The van der Waals surface area contributed by atoms with Crippen molar-refractivity contribution in [2.45, 2.75) is 25.3 Å². The molecule has 0 spiro atoms. The van der Waals surface area contributed by atoms with Gasteiger partial charge >= 0.3 is 0 Å². The first-order chi connectivity index (χ1) is 12.1. The van der Waals surface area contributed by atoms with Gasteiger partial charge in [-0.05, 0) is 30.7 Å². The van der Waals surface area contributed by atoms with Crippen molar-refractivity contribution in [1.82, 2.24) is 5.01 Å². The van der Waals surface area contributed by atoms with Crippen LogP contribution in [0.4, 0.5) is 0 Å². The number of ether oxygens (including phenoxy) is 1. The first-order valence-corrected chi connectivity index (χ1v) is 7.85. The van der Waals surface area contributed by atoms with E-state index in [1.807, 2.05) is 24.3 Å². The molecule has 1 amide bonds. The molecule has 0 unspecified atom stereocenters. The number of benzene rings is 1. The summed E-state index contributed by atoms with van der Waals surface area (Å²) in [6.45, 7) is 0. The fraction of sp³-hybridized carbons (Fsp3) is 0.278. The normalized spacial score (nSPS) is 16.6. The zero-order valence-electron chi connectivity index (χ0n) is 13.7. The van der Waals surface area contributed by atoms with E-state index in [4.69, 9.17) is 9.15 Å². The van der Waals surface area contributed by atoms with Gasteiger partial charge in [0.05, 0.1) is 19.1 Å². The molecule has 0 aliphatic carbocycles. The van der Waals surface area contributed by atoms with Crippen LogP contribution >= 0.6 is 0 Å². The van der Waals surface area contributed by atoms with E-state index in [2.05, 4.69) is 5.10 Å². The molecule has 3 rings (SSSR count). The molecule has 0 fully saturated rings. The van der Waals surface area contributed by atoms with Gasteiger partial charge in [-0.1, -0.05) is 12.1 Å². The summed E-state index contributed by atoms with van der Waals surface area (Å²) in [6, 6.07) is 10.5. The zero-order valence-corrected chi connectivity index (χ0v) is 13.7. The summed E-state index contributed by atoms with van der Waals surface area (Å²) in [5, 5.41) is 16.4. The number of nitrogens with zero attached hydrogens (tertiary/aromatic N) is 2. The van der Waals surface area contributed by atoms with Crippen molar-refractivity contribution in [3.63, 3.8) is 0 Å². The topological polar surface area (TPSA) is 95.2 Å². The molecule has 2 heterocycles. The van der Waals surface area contributed by atoms with Gasteiger partial charge in [0.25, 0.3) is 0 Å². The summed E-state index contributed by atoms with van der Waals surface area (Å²) in [4.78, 5) is 23.1. The van der Waals surface area contributed by atoms with Crippen LogP contribution in [0, 0.1) is 0 Å². The molecule has 1 aliphatic heterocycles. The van der Waals surface area contributed by atoms with Gasteiger partial charge in [-0.3, -0.25) is 4.79 Å². The van der Waals surface area contributed by atoms with Crippen molar-refractivity contribution in [2.24, 2.45) is 5.10 Å². The molecule has 0 N–H and O–H groups in total. The first-order valence-electron chi connectivity index (χ1n) is 7.85. The van der Waals surface area contributed by atoms with E-state index in [1.165, 1.54) is 11.3 Å². The Labute approximate surface area is 144 Å². The summed E-state index contributed by atoms with van der Waals surface area (Å²) in [7, 11) is 1.58. The smallest absolute Gasteiger partial charge is 0.243 e. The van der Waals surface area contributed by atoms with Gasteiger partial charge in [-0.25, -0.2) is 5.01 Å². The van der Waals surface area contributed by atoms with Crippen LogP contribution < -0.4 is 9.84 Å². The molecule has 7 heteroatoms. The van der Waals surface area contributed by atoms with Crippen LogP contribution in [0.3, 0.4) is 0 Å². The minimum Gasteiger partial charge on any atom is -0.550 e. The van der Waals surface area contributed by atoms with Crippen LogP contribution in [0.1, 0.15) is 36.6 Å². The minimum atomic E-state index is -1.26. The van der Waals surface area contributed by atoms with Gasteiger partial charge in [0, 0.05) is 24.4 Å². The van der Waals surface area contributed by atoms with Crippen molar-refractivity contribution in [3.05, 3.63) is 54.0 Å². The number of aliphatic carboxylic acids is 1. The average Bonchev–Trinajstić information content (AvgIpc) is 3.28. The summed E-state index contributed by atoms with van der Waals surface area (Å²) >= 11 is 0. The fourth-order valence-corrected chi connectivity index (χ4v) is 2.74. The van der Waals surface area contributed by atoms with Crippen LogP contribution in [-0.2, 0) is 9.59 Å². The van der Waals surface area contributed by atoms with Crippen molar-refractivity contribution < 1.29 is 23.8 Å². The summed E-state index contributed by atoms with van der Waals surface area (Å²) in [6.07, 6.45) is 1.49. The molecular weight excluding hydrogens is 324 g/mol. The molecule has 130 valence electrons. The van der Waals surface area contributed by atoms with Crippen LogP contribution in [-0.4, -0.2) is 29.7 Å². The van der Waals surface area contributed by atoms with Crippen LogP contribution in [0.5, 0.6) is 5.75 Å². The molecule has 2 aromatic rings. The fourth-order valence-electron chi connectivity index (χ4n) is 2.74. The number of carboxylic acid groups (broad SMARTS) is 1. The van der Waals surface area contributed by atoms with Crippen molar-refractivity contribution in [3.8, 4) is 5.75 Å². The van der Waals surface area contributed by atoms with Crippen LogP contribution in [0.25, 0.3) is 0 Å². The number of rotatable bonds is 6. The van der Waals surface area contributed by atoms with E-state index < -0.39 is 12.0 Å². The van der Waals surface area contributed by atoms with Gasteiger partial charge < -0.3 is 19.1 Å². The van der Waals surface area contributed by atoms with Crippen molar-refractivity contribution in [1.29, 1.82) is 0 Å². The molecule has 1 atom stereocenters. The van der Waals surface area contributed by atoms with Gasteiger partial charge in [0.2, 0.25) is 5.91 Å². The second-order valence-electron chi connectivity index (χ2n) is 5.62. The van der Waals surface area contributed by atoms with E-state index in [9.17, 15) is 14.7 Å². The maximum atomic E-state index is 12.4. The third kappa shape index (κ3) is 3.71. The number of methoxy groups -OCH3 is 1. The second-order valence-corrected chi connectivity index (χ2v) is 5.62. The summed E-state index contributed by atoms with van der Waals surface area (Å²) in [5.74, 6) is -0.359. The van der Waals surface area contributed by atoms with E-state index in [0.717, 1.165) is 5.56 Å². The number of furan rings is 1. The number of carboxylic acids is 1. The van der Waals surface area contributed by atoms with Crippen molar-refractivity contribution in [2.75, 3.05) is 7.11 Å². The molecule has 1 aromatic carbocycles. The molecule has 0 radical (unpaired) electrons. The largest absolute Gasteiger partial charge is 0.550 e. The highest BCUT2D eigenvalue weighted by molar-refractivity contribution is 6.03. The lowest BCUT2D eigenvalue weighted by Gasteiger charge is -2.19. The molecule has 1 aliphatic rings. The Kier molecular flexibility index (Phi) is 4.83. The highest BCUT2D eigenvalue weighted by Gasteiger charge is 2.34. The van der Waals surface area contributed by atoms with Gasteiger partial charge in [-0.2, -0.15) is 5.10 Å². The highest BCUT2D eigenvalue weighted by atomic mass is 16.5. The Bertz CT molecular complexity index is 798. The van der Waals surface area contributed by atoms with E-state index in [0.29, 0.717) is 23.6 Å². The average molecular weight is 341 g/mol. The van der Waals surface area contributed by atoms with Gasteiger partial charge in [0.15, 0.2) is 0 Å². The molecule has 0 bridgehead atoms. The predicted molar refractivity (Wildman–Crippen MR) is 86.7 cm³/mol. The predicted octanol–water partition coefficient (Wildman–Crippen LogP) is 1.50. The quantitative estimate of drug-likeness (QED) is 0.793. The monoisotopic (exact) mass is 341 g/mol. The number of carbonyl (C=O) groups excluding carboxylic acids is 2. The maximum absolute atomic E-state index is 12.4. The van der Waals surface area contributed by atoms with E-state index >= 15 is 0 Å². The Morgan fingerprint density at radius 2 is 2.16 bits per heavy atom. The Morgan fingerprint density at radius 1 is 1.32 bits per heavy atom. The number of amides is 1. The number of hydrogen-bond acceptors (Lipinski definition) is 6. The third-order valence-corrected chi connectivity index (χ3v) is 3.98. The van der Waals surface area contributed by atoms with Gasteiger partial charge in [0.1, 0.15) is 17.6 Å². The van der Waals surface area contributed by atoms with Crippen molar-refractivity contribution >= 4 is 17.6 Å². The maximum Gasteiger partial charge on any atom is 0.243 e. The van der Waals surface area contributed by atoms with Crippen LogP contribution in [0.15, 0.2) is 52.2 Å². The number of carbonyl (C=O) groups is 2. The lowest BCUT2D eigenvalue weighted by molar-refractivity contribution is -0.305. The SMILES string of the molecule is COc1cccc(C2=NN(C(=O)CCC(=O)[O-])[C@@H](c3ccco3)C2)c1. The van der Waals surface area contributed by atoms with E-state index in [1.54, 1.807) is 19.2 Å². The van der Waals surface area contributed by atoms with Crippen LogP contribution in [0.2, 0.25) is 0 Å². The summed E-state index contributed by atoms with van der Waals surface area (Å²) in [5.41, 5.74) is 1.55. The Morgan fingerprint density at radius 3 is 2.84 bits per heavy atom. The van der Waals surface area contributed by atoms with Gasteiger partial charge in [-0.15, -0.1) is 0 Å². The highest BCUT2D eigenvalue weighted by Crippen LogP contribution is 2.34. The lowest BCUT2D eigenvalue weighted by Crippen LogP contribution is -2.29. The zero-order chi connectivity index (χ0) is 17.8. The number of hydrazone groups is 1. The van der Waals surface area contributed by atoms with E-state index in [-0.39, 0.29) is 18.7 Å².